The Kier molecular flexibility index (Phi) is 7.53. The van der Waals surface area contributed by atoms with Crippen molar-refractivity contribution in [1.29, 1.82) is 0 Å². The maximum atomic E-state index is 12.7. The Labute approximate surface area is 226 Å². The van der Waals surface area contributed by atoms with Gasteiger partial charge >= 0.3 is 0 Å². The number of anilines is 1. The van der Waals surface area contributed by atoms with Crippen LogP contribution in [-0.2, 0) is 11.3 Å². The standard InChI is InChI=1S/C29H31N7O3/c1-3-7-24(37)35-15-6-8-21(17-35)36-28-25(27(30)32-18-33-28)26(34-36)20-13-11-19(12-14-20)16-31-29(38)22-9-4-5-10-23(22)39-2/h3-5,7,9-14,18,21H,6,8,15-17H2,1-2H3,(H,31,38)(H2,30,32,33)/t21-/m1/s1. The molecular weight excluding hydrogens is 494 g/mol. The zero-order valence-electron chi connectivity index (χ0n) is 22.0. The van der Waals surface area contributed by atoms with Crippen LogP contribution >= 0.6 is 0 Å². The van der Waals surface area contributed by atoms with Gasteiger partial charge in [0.2, 0.25) is 5.91 Å². The predicted molar refractivity (Wildman–Crippen MR) is 149 cm³/mol. The minimum atomic E-state index is -0.208. The number of likely N-dealkylation sites (tertiary alicyclic amines) is 1. The van der Waals surface area contributed by atoms with Gasteiger partial charge < -0.3 is 20.7 Å². The summed E-state index contributed by atoms with van der Waals surface area (Å²) >= 11 is 0. The Morgan fingerprint density at radius 3 is 2.72 bits per heavy atom. The summed E-state index contributed by atoms with van der Waals surface area (Å²) in [6, 6.07) is 14.9. The van der Waals surface area contributed by atoms with Crippen LogP contribution in [0.5, 0.6) is 5.75 Å². The fraction of sp³-hybridized carbons (Fsp3) is 0.276. The van der Waals surface area contributed by atoms with Gasteiger partial charge in [0.05, 0.1) is 24.1 Å². The molecule has 1 aliphatic heterocycles. The molecule has 0 spiro atoms. The van der Waals surface area contributed by atoms with E-state index >= 15 is 0 Å². The summed E-state index contributed by atoms with van der Waals surface area (Å²) in [4.78, 5) is 35.7. The smallest absolute Gasteiger partial charge is 0.255 e. The SMILES string of the molecule is CC=CC(=O)N1CCC[C@@H](n2nc(-c3ccc(CNC(=O)c4ccccc4OC)cc3)c3c(N)ncnc32)C1. The van der Waals surface area contributed by atoms with E-state index in [0.29, 0.717) is 46.9 Å². The molecule has 39 heavy (non-hydrogen) atoms. The van der Waals surface area contributed by atoms with Crippen molar-refractivity contribution >= 4 is 28.7 Å². The molecule has 3 heterocycles. The number of ether oxygens (including phenoxy) is 1. The molecule has 1 saturated heterocycles. The average Bonchev–Trinajstić information content (AvgIpc) is 3.37. The monoisotopic (exact) mass is 525 g/mol. The molecule has 5 rings (SSSR count). The first kappa shape index (κ1) is 25.9. The van der Waals surface area contributed by atoms with Crippen LogP contribution in [0.15, 0.2) is 67.0 Å². The van der Waals surface area contributed by atoms with Crippen LogP contribution in [0.25, 0.3) is 22.3 Å². The molecule has 200 valence electrons. The van der Waals surface area contributed by atoms with Crippen LogP contribution in [0.3, 0.4) is 0 Å². The number of hydrogen-bond acceptors (Lipinski definition) is 7. The van der Waals surface area contributed by atoms with Crippen LogP contribution in [0.1, 0.15) is 41.7 Å². The summed E-state index contributed by atoms with van der Waals surface area (Å²) in [5.41, 5.74) is 9.91. The van der Waals surface area contributed by atoms with E-state index in [4.69, 9.17) is 15.6 Å². The van der Waals surface area contributed by atoms with Crippen LogP contribution < -0.4 is 15.8 Å². The molecule has 2 aromatic heterocycles. The largest absolute Gasteiger partial charge is 0.496 e. The number of allylic oxidation sites excluding steroid dienone is 1. The first-order chi connectivity index (χ1) is 19.0. The van der Waals surface area contributed by atoms with Gasteiger partial charge in [-0.3, -0.25) is 9.59 Å². The number of nitrogen functional groups attached to an aromatic ring is 1. The molecular formula is C29H31N7O3. The van der Waals surface area contributed by atoms with Crippen molar-refractivity contribution in [3.8, 4) is 17.0 Å². The summed E-state index contributed by atoms with van der Waals surface area (Å²) in [7, 11) is 1.54. The zero-order chi connectivity index (χ0) is 27.4. The number of methoxy groups -OCH3 is 1. The van der Waals surface area contributed by atoms with E-state index < -0.39 is 0 Å². The lowest BCUT2D eigenvalue weighted by Gasteiger charge is -2.32. The number of amides is 2. The summed E-state index contributed by atoms with van der Waals surface area (Å²) in [6.07, 6.45) is 6.55. The fourth-order valence-electron chi connectivity index (χ4n) is 4.94. The summed E-state index contributed by atoms with van der Waals surface area (Å²) in [5, 5.41) is 8.57. The molecule has 1 aliphatic rings. The van der Waals surface area contributed by atoms with Crippen molar-refractivity contribution < 1.29 is 14.3 Å². The average molecular weight is 526 g/mol. The number of para-hydroxylation sites is 1. The molecule has 0 bridgehead atoms. The Morgan fingerprint density at radius 2 is 1.95 bits per heavy atom. The first-order valence-corrected chi connectivity index (χ1v) is 12.9. The summed E-state index contributed by atoms with van der Waals surface area (Å²) < 4.78 is 7.18. The number of benzene rings is 2. The van der Waals surface area contributed by atoms with E-state index in [1.165, 1.54) is 6.33 Å². The maximum Gasteiger partial charge on any atom is 0.255 e. The molecule has 1 atom stereocenters. The number of nitrogens with zero attached hydrogens (tertiary/aromatic N) is 5. The van der Waals surface area contributed by atoms with Crippen molar-refractivity contribution in [3.63, 3.8) is 0 Å². The van der Waals surface area contributed by atoms with E-state index in [0.717, 1.165) is 30.5 Å². The van der Waals surface area contributed by atoms with Crippen molar-refractivity contribution in [2.24, 2.45) is 0 Å². The van der Waals surface area contributed by atoms with E-state index in [9.17, 15) is 9.59 Å². The number of aromatic nitrogens is 4. The van der Waals surface area contributed by atoms with Crippen molar-refractivity contribution in [1.82, 2.24) is 30.0 Å². The Bertz CT molecular complexity index is 1530. The van der Waals surface area contributed by atoms with Gasteiger partial charge in [-0.1, -0.05) is 42.5 Å². The highest BCUT2D eigenvalue weighted by Gasteiger charge is 2.28. The number of piperidine rings is 1. The van der Waals surface area contributed by atoms with Gasteiger partial charge in [0.25, 0.3) is 5.91 Å². The maximum absolute atomic E-state index is 12.7. The molecule has 2 aromatic carbocycles. The van der Waals surface area contributed by atoms with Gasteiger partial charge in [-0.2, -0.15) is 5.10 Å². The third-order valence-electron chi connectivity index (χ3n) is 6.91. The van der Waals surface area contributed by atoms with Gasteiger partial charge in [-0.15, -0.1) is 0 Å². The summed E-state index contributed by atoms with van der Waals surface area (Å²) in [6.45, 7) is 3.47. The van der Waals surface area contributed by atoms with Crippen molar-refractivity contribution in [2.45, 2.75) is 32.4 Å². The molecule has 4 aromatic rings. The third-order valence-corrected chi connectivity index (χ3v) is 6.91. The molecule has 10 nitrogen and oxygen atoms in total. The normalized spacial score (nSPS) is 15.5. The number of hydrogen-bond donors (Lipinski definition) is 2. The van der Waals surface area contributed by atoms with Crippen molar-refractivity contribution in [2.75, 3.05) is 25.9 Å². The highest BCUT2D eigenvalue weighted by Crippen LogP contribution is 2.34. The van der Waals surface area contributed by atoms with Crippen LogP contribution in [0, 0.1) is 0 Å². The lowest BCUT2D eigenvalue weighted by atomic mass is 10.1. The summed E-state index contributed by atoms with van der Waals surface area (Å²) in [5.74, 6) is 0.675. The molecule has 0 saturated carbocycles. The first-order valence-electron chi connectivity index (χ1n) is 12.9. The van der Waals surface area contributed by atoms with E-state index in [-0.39, 0.29) is 17.9 Å². The molecule has 10 heteroatoms. The van der Waals surface area contributed by atoms with Crippen LogP contribution in [-0.4, -0.2) is 56.7 Å². The molecule has 0 unspecified atom stereocenters. The van der Waals surface area contributed by atoms with Gasteiger partial charge in [-0.05, 0) is 43.5 Å². The second-order valence-corrected chi connectivity index (χ2v) is 9.41. The second-order valence-electron chi connectivity index (χ2n) is 9.41. The third kappa shape index (κ3) is 5.31. The second kappa shape index (κ2) is 11.3. The highest BCUT2D eigenvalue weighted by molar-refractivity contribution is 5.98. The lowest BCUT2D eigenvalue weighted by Crippen LogP contribution is -2.40. The number of nitrogens with one attached hydrogen (secondary N) is 1. The Balaban J connectivity index is 1.38. The van der Waals surface area contributed by atoms with E-state index in [1.54, 1.807) is 37.5 Å². The van der Waals surface area contributed by atoms with Crippen LogP contribution in [0.2, 0.25) is 0 Å². The minimum absolute atomic E-state index is 0.00131. The number of rotatable bonds is 7. The lowest BCUT2D eigenvalue weighted by molar-refractivity contribution is -0.127. The quantitative estimate of drug-likeness (QED) is 0.352. The van der Waals surface area contributed by atoms with E-state index in [1.807, 2.05) is 46.8 Å². The van der Waals surface area contributed by atoms with Crippen molar-refractivity contribution in [3.05, 3.63) is 78.1 Å². The molecule has 1 fully saturated rings. The van der Waals surface area contributed by atoms with Gasteiger partial charge in [-0.25, -0.2) is 14.6 Å². The van der Waals surface area contributed by atoms with Gasteiger partial charge in [0.15, 0.2) is 5.65 Å². The zero-order valence-corrected chi connectivity index (χ0v) is 22.0. The van der Waals surface area contributed by atoms with E-state index in [2.05, 4.69) is 15.3 Å². The molecule has 0 radical (unpaired) electrons. The predicted octanol–water partition coefficient (Wildman–Crippen LogP) is 3.75. The molecule has 0 aliphatic carbocycles. The highest BCUT2D eigenvalue weighted by atomic mass is 16.5. The topological polar surface area (TPSA) is 128 Å². The molecule has 3 N–H and O–H groups in total. The van der Waals surface area contributed by atoms with Gasteiger partial charge in [0, 0.05) is 25.2 Å². The molecule has 2 amide bonds. The minimum Gasteiger partial charge on any atom is -0.496 e. The Morgan fingerprint density at radius 1 is 1.15 bits per heavy atom. The van der Waals surface area contributed by atoms with Gasteiger partial charge in [0.1, 0.15) is 23.6 Å². The fourth-order valence-corrected chi connectivity index (χ4v) is 4.94. The number of carbonyl (C=O) groups excluding carboxylic acids is 2. The number of fused-ring (bicyclic) bond motifs is 1. The Hall–Kier alpha value is -4.73. The van der Waals surface area contributed by atoms with Crippen LogP contribution in [0.4, 0.5) is 5.82 Å². The number of nitrogens with two attached hydrogens (primary N) is 1. The number of carbonyl (C=O) groups is 2.